The molecule has 0 N–H and O–H groups in total. The van der Waals surface area contributed by atoms with Crippen molar-refractivity contribution >= 4 is 65.4 Å². The van der Waals surface area contributed by atoms with Crippen LogP contribution in [0.15, 0.2) is 12.3 Å². The van der Waals surface area contributed by atoms with Gasteiger partial charge < -0.3 is 9.31 Å². The quantitative estimate of drug-likeness (QED) is 0.509. The summed E-state index contributed by atoms with van der Waals surface area (Å²) >= 11 is 8.80. The van der Waals surface area contributed by atoms with E-state index < -0.39 is 18.3 Å². The number of aryl methyl sites for hydroxylation is 1. The standard InChI is InChI=1S/C14H17BClIN2O2S/c1-8-6-10-9(7-18-19(10)22-17)11(12(8)16)15-20-13(2,3)14(4,5)21-15/h6-7H,1-5H3. The van der Waals surface area contributed by atoms with Crippen LogP contribution in [0, 0.1) is 6.92 Å². The van der Waals surface area contributed by atoms with E-state index in [0.717, 1.165) is 21.9 Å². The Bertz CT molecular complexity index is 734. The van der Waals surface area contributed by atoms with Crippen molar-refractivity contribution in [1.82, 2.24) is 9.19 Å². The van der Waals surface area contributed by atoms with Gasteiger partial charge in [0.25, 0.3) is 0 Å². The van der Waals surface area contributed by atoms with Crippen LogP contribution >= 0.6 is 41.9 Å². The molecule has 3 rings (SSSR count). The van der Waals surface area contributed by atoms with Gasteiger partial charge in [-0.25, -0.2) is 0 Å². The molecule has 22 heavy (non-hydrogen) atoms. The van der Waals surface area contributed by atoms with Gasteiger partial charge in [-0.15, -0.1) is 0 Å². The first kappa shape index (κ1) is 16.9. The van der Waals surface area contributed by atoms with E-state index in [4.69, 9.17) is 20.9 Å². The molecule has 0 bridgehead atoms. The lowest BCUT2D eigenvalue weighted by Crippen LogP contribution is -2.41. The summed E-state index contributed by atoms with van der Waals surface area (Å²) in [5.74, 6) is 0. The van der Waals surface area contributed by atoms with Crippen molar-refractivity contribution < 1.29 is 9.31 Å². The zero-order valence-corrected chi connectivity index (χ0v) is 16.8. The molecule has 1 saturated heterocycles. The van der Waals surface area contributed by atoms with Gasteiger partial charge >= 0.3 is 7.12 Å². The first-order chi connectivity index (χ1) is 10.2. The molecule has 0 atom stereocenters. The molecule has 0 saturated carbocycles. The number of rotatable bonds is 2. The summed E-state index contributed by atoms with van der Waals surface area (Å²) in [6, 6.07) is 2.05. The number of fused-ring (bicyclic) bond motifs is 1. The summed E-state index contributed by atoms with van der Waals surface area (Å²) in [6.45, 7) is 10.2. The second-order valence-corrected chi connectivity index (χ2v) is 8.57. The smallest absolute Gasteiger partial charge is 0.399 e. The summed E-state index contributed by atoms with van der Waals surface area (Å²) in [7, 11) is 1.03. The Kier molecular flexibility index (Phi) is 4.26. The highest BCUT2D eigenvalue weighted by Crippen LogP contribution is 2.38. The SMILES string of the molecule is Cc1cc2c(cnn2SI)c(B2OC(C)(C)C(C)(C)O2)c1Cl. The Morgan fingerprint density at radius 2 is 1.86 bits per heavy atom. The lowest BCUT2D eigenvalue weighted by Gasteiger charge is -2.32. The Balaban J connectivity index is 2.19. The molecule has 1 fully saturated rings. The van der Waals surface area contributed by atoms with Gasteiger partial charge in [0.15, 0.2) is 0 Å². The van der Waals surface area contributed by atoms with Crippen LogP contribution in [0.2, 0.25) is 5.02 Å². The summed E-state index contributed by atoms with van der Waals surface area (Å²) in [4.78, 5) is 0. The van der Waals surface area contributed by atoms with E-state index in [9.17, 15) is 0 Å². The largest absolute Gasteiger partial charge is 0.497 e. The van der Waals surface area contributed by atoms with Gasteiger partial charge in [-0.2, -0.15) is 9.19 Å². The minimum absolute atomic E-state index is 0.398. The van der Waals surface area contributed by atoms with Crippen LogP contribution in [0.3, 0.4) is 0 Å². The van der Waals surface area contributed by atoms with Crippen molar-refractivity contribution in [1.29, 1.82) is 0 Å². The van der Waals surface area contributed by atoms with Crippen molar-refractivity contribution in [2.45, 2.75) is 45.8 Å². The van der Waals surface area contributed by atoms with Crippen molar-refractivity contribution in [3.63, 3.8) is 0 Å². The zero-order valence-electron chi connectivity index (χ0n) is 13.1. The Hall–Kier alpha value is 0.0449. The van der Waals surface area contributed by atoms with Gasteiger partial charge in [0, 0.05) is 46.2 Å². The highest BCUT2D eigenvalue weighted by molar-refractivity contribution is 14.2. The fraction of sp³-hybridized carbons (Fsp3) is 0.500. The maximum atomic E-state index is 6.59. The minimum atomic E-state index is -0.489. The van der Waals surface area contributed by atoms with Crippen LogP contribution in [-0.2, 0) is 9.31 Å². The van der Waals surface area contributed by atoms with E-state index in [-0.39, 0.29) is 0 Å². The predicted molar refractivity (Wildman–Crippen MR) is 102 cm³/mol. The van der Waals surface area contributed by atoms with E-state index in [2.05, 4.69) is 26.3 Å². The van der Waals surface area contributed by atoms with Gasteiger partial charge in [0.1, 0.15) is 0 Å². The number of aromatic nitrogens is 2. The highest BCUT2D eigenvalue weighted by Gasteiger charge is 2.52. The number of halogens is 2. The average molecular weight is 451 g/mol. The third-order valence-corrected chi connectivity index (χ3v) is 6.60. The maximum Gasteiger partial charge on any atom is 0.497 e. The first-order valence-electron chi connectivity index (χ1n) is 6.99. The molecule has 0 spiro atoms. The Morgan fingerprint density at radius 3 is 2.41 bits per heavy atom. The molecule has 1 aromatic heterocycles. The predicted octanol–water partition coefficient (Wildman–Crippen LogP) is 4.14. The molecule has 0 radical (unpaired) electrons. The zero-order chi connectivity index (χ0) is 16.3. The lowest BCUT2D eigenvalue weighted by atomic mass is 9.76. The van der Waals surface area contributed by atoms with Gasteiger partial charge in [0.05, 0.1) is 22.9 Å². The number of benzene rings is 1. The second-order valence-electron chi connectivity index (χ2n) is 6.53. The van der Waals surface area contributed by atoms with Gasteiger partial charge in [-0.1, -0.05) is 11.6 Å². The Morgan fingerprint density at radius 1 is 1.27 bits per heavy atom. The van der Waals surface area contributed by atoms with E-state index >= 15 is 0 Å². The molecule has 2 aromatic rings. The van der Waals surface area contributed by atoms with E-state index in [0.29, 0.717) is 5.02 Å². The molecule has 1 aromatic carbocycles. The summed E-state index contributed by atoms with van der Waals surface area (Å²) in [6.07, 6.45) is 1.83. The second kappa shape index (κ2) is 5.55. The molecule has 0 unspecified atom stereocenters. The summed E-state index contributed by atoms with van der Waals surface area (Å²) < 4.78 is 14.2. The van der Waals surface area contributed by atoms with Crippen LogP contribution in [0.25, 0.3) is 10.9 Å². The van der Waals surface area contributed by atoms with Crippen molar-refractivity contribution in [3.8, 4) is 0 Å². The highest BCUT2D eigenvalue weighted by atomic mass is 127. The fourth-order valence-corrected chi connectivity index (χ4v) is 4.02. The van der Waals surface area contributed by atoms with E-state index in [1.165, 1.54) is 9.12 Å². The van der Waals surface area contributed by atoms with Gasteiger partial charge in [0.2, 0.25) is 0 Å². The van der Waals surface area contributed by atoms with Crippen LogP contribution in [-0.4, -0.2) is 27.5 Å². The van der Waals surface area contributed by atoms with Crippen molar-refractivity contribution in [2.75, 3.05) is 0 Å². The minimum Gasteiger partial charge on any atom is -0.399 e. The normalized spacial score (nSPS) is 20.0. The number of hydrogen-bond acceptors (Lipinski definition) is 4. The van der Waals surface area contributed by atoms with Crippen LogP contribution in [0.4, 0.5) is 0 Å². The number of nitrogens with zero attached hydrogens (tertiary/aromatic N) is 2. The maximum absolute atomic E-state index is 6.59. The van der Waals surface area contributed by atoms with Crippen molar-refractivity contribution in [3.05, 3.63) is 22.8 Å². The summed E-state index contributed by atoms with van der Waals surface area (Å²) in [5, 5.41) is 6.06. The topological polar surface area (TPSA) is 36.3 Å². The third kappa shape index (κ3) is 2.49. The molecular formula is C14H17BClIN2O2S. The molecule has 4 nitrogen and oxygen atoms in total. The molecule has 118 valence electrons. The average Bonchev–Trinajstić information content (AvgIpc) is 2.89. The molecule has 8 heteroatoms. The van der Waals surface area contributed by atoms with Crippen molar-refractivity contribution in [2.24, 2.45) is 0 Å². The molecule has 0 amide bonds. The van der Waals surface area contributed by atoms with E-state index in [1.807, 2.05) is 51.0 Å². The van der Waals surface area contributed by atoms with Crippen LogP contribution in [0.1, 0.15) is 33.3 Å². The van der Waals surface area contributed by atoms with Crippen LogP contribution < -0.4 is 5.46 Å². The van der Waals surface area contributed by atoms with E-state index in [1.54, 1.807) is 0 Å². The molecule has 0 aliphatic carbocycles. The molecule has 2 heterocycles. The lowest BCUT2D eigenvalue weighted by molar-refractivity contribution is 0.00578. The molecule has 1 aliphatic heterocycles. The Labute approximate surface area is 152 Å². The first-order valence-corrected chi connectivity index (χ1v) is 10.7. The molecular weight excluding hydrogens is 433 g/mol. The number of hydrogen-bond donors (Lipinski definition) is 0. The van der Waals surface area contributed by atoms with Crippen LogP contribution in [0.5, 0.6) is 0 Å². The van der Waals surface area contributed by atoms with Gasteiger partial charge in [-0.05, 0) is 46.2 Å². The fourth-order valence-electron chi connectivity index (χ4n) is 2.53. The third-order valence-electron chi connectivity index (χ3n) is 4.55. The summed E-state index contributed by atoms with van der Waals surface area (Å²) in [5.41, 5.74) is 2.08. The van der Waals surface area contributed by atoms with Gasteiger partial charge in [-0.3, -0.25) is 0 Å². The molecule has 1 aliphatic rings. The monoisotopic (exact) mass is 450 g/mol.